The molecule has 1 aliphatic rings. The van der Waals surface area contributed by atoms with E-state index in [1.807, 2.05) is 18.2 Å². The van der Waals surface area contributed by atoms with Gasteiger partial charge in [0.25, 0.3) is 0 Å². The number of nitrogens with zero attached hydrogens (tertiary/aromatic N) is 2. The van der Waals surface area contributed by atoms with Crippen molar-refractivity contribution in [2.75, 3.05) is 11.4 Å². The van der Waals surface area contributed by atoms with Crippen molar-refractivity contribution in [2.45, 2.75) is 52.0 Å². The Morgan fingerprint density at radius 1 is 1.26 bits per heavy atom. The molecule has 0 atom stereocenters. The summed E-state index contributed by atoms with van der Waals surface area (Å²) >= 11 is 0. The first-order valence-corrected chi connectivity index (χ1v) is 7.48. The van der Waals surface area contributed by atoms with Gasteiger partial charge in [-0.1, -0.05) is 38.8 Å². The average molecular weight is 256 g/mol. The van der Waals surface area contributed by atoms with E-state index in [-0.39, 0.29) is 0 Å². The van der Waals surface area contributed by atoms with Crippen LogP contribution < -0.4 is 4.90 Å². The minimum Gasteiger partial charge on any atom is -0.367 e. The molecule has 0 bridgehead atoms. The van der Waals surface area contributed by atoms with Gasteiger partial charge < -0.3 is 4.90 Å². The molecule has 0 N–H and O–H groups in total. The molecule has 0 amide bonds. The van der Waals surface area contributed by atoms with E-state index in [0.29, 0.717) is 12.0 Å². The van der Waals surface area contributed by atoms with Crippen LogP contribution in [0.25, 0.3) is 0 Å². The third kappa shape index (κ3) is 3.50. The van der Waals surface area contributed by atoms with E-state index in [1.54, 1.807) is 0 Å². The number of benzene rings is 1. The van der Waals surface area contributed by atoms with Crippen LogP contribution in [0.3, 0.4) is 0 Å². The first-order valence-electron chi connectivity index (χ1n) is 7.48. The van der Waals surface area contributed by atoms with E-state index in [0.717, 1.165) is 17.8 Å². The molecule has 2 heteroatoms. The third-order valence-corrected chi connectivity index (χ3v) is 4.05. The van der Waals surface area contributed by atoms with Gasteiger partial charge in [-0.15, -0.1) is 0 Å². The normalized spacial score (nSPS) is 15.7. The largest absolute Gasteiger partial charge is 0.367 e. The van der Waals surface area contributed by atoms with Crippen LogP contribution in [0.5, 0.6) is 0 Å². The number of para-hydroxylation sites is 1. The Morgan fingerprint density at radius 3 is 2.58 bits per heavy atom. The lowest BCUT2D eigenvalue weighted by atomic mass is 10.1. The second kappa shape index (κ2) is 6.61. The SMILES string of the molecule is CC(C)CCN(c1ccccc1C#N)C1CCCC1. The van der Waals surface area contributed by atoms with Gasteiger partial charge in [0.1, 0.15) is 6.07 Å². The zero-order valence-electron chi connectivity index (χ0n) is 12.1. The van der Waals surface area contributed by atoms with E-state index in [2.05, 4.69) is 30.9 Å². The molecular formula is C17H24N2. The summed E-state index contributed by atoms with van der Waals surface area (Å²) in [5, 5.41) is 9.31. The molecule has 0 unspecified atom stereocenters. The molecule has 1 fully saturated rings. The maximum atomic E-state index is 9.31. The van der Waals surface area contributed by atoms with Gasteiger partial charge in [0.15, 0.2) is 0 Å². The van der Waals surface area contributed by atoms with Crippen molar-refractivity contribution in [3.05, 3.63) is 29.8 Å². The van der Waals surface area contributed by atoms with Crippen molar-refractivity contribution in [3.63, 3.8) is 0 Å². The summed E-state index contributed by atoms with van der Waals surface area (Å²) in [6, 6.07) is 11.0. The van der Waals surface area contributed by atoms with Gasteiger partial charge in [-0.2, -0.15) is 5.26 Å². The fraction of sp³-hybridized carbons (Fsp3) is 0.588. The van der Waals surface area contributed by atoms with E-state index in [4.69, 9.17) is 0 Å². The minimum absolute atomic E-state index is 0.633. The summed E-state index contributed by atoms with van der Waals surface area (Å²) in [6.07, 6.45) is 6.40. The van der Waals surface area contributed by atoms with Crippen molar-refractivity contribution in [1.82, 2.24) is 0 Å². The molecule has 0 aliphatic heterocycles. The van der Waals surface area contributed by atoms with Crippen LogP contribution in [0.15, 0.2) is 24.3 Å². The standard InChI is InChI=1S/C17H24N2/c1-14(2)11-12-19(16-8-4-5-9-16)17-10-6-3-7-15(17)13-18/h3,6-7,10,14,16H,4-5,8-9,11-12H2,1-2H3. The fourth-order valence-electron chi connectivity index (χ4n) is 2.93. The molecule has 102 valence electrons. The van der Waals surface area contributed by atoms with Gasteiger partial charge in [0.2, 0.25) is 0 Å². The van der Waals surface area contributed by atoms with Crippen LogP contribution >= 0.6 is 0 Å². The highest BCUT2D eigenvalue weighted by atomic mass is 15.2. The van der Waals surface area contributed by atoms with Crippen molar-refractivity contribution in [1.29, 1.82) is 5.26 Å². The zero-order chi connectivity index (χ0) is 13.7. The lowest BCUT2D eigenvalue weighted by molar-refractivity contribution is 0.528. The fourth-order valence-corrected chi connectivity index (χ4v) is 2.93. The number of hydrogen-bond donors (Lipinski definition) is 0. The maximum Gasteiger partial charge on any atom is 0.101 e. The van der Waals surface area contributed by atoms with E-state index < -0.39 is 0 Å². The summed E-state index contributed by atoms with van der Waals surface area (Å²) in [5.41, 5.74) is 1.95. The lowest BCUT2D eigenvalue weighted by Crippen LogP contribution is -2.35. The first-order chi connectivity index (χ1) is 9.22. The summed E-state index contributed by atoms with van der Waals surface area (Å²) < 4.78 is 0. The number of rotatable bonds is 5. The summed E-state index contributed by atoms with van der Waals surface area (Å²) in [4.78, 5) is 2.49. The van der Waals surface area contributed by atoms with Crippen LogP contribution in [-0.2, 0) is 0 Å². The molecule has 0 radical (unpaired) electrons. The monoisotopic (exact) mass is 256 g/mol. The van der Waals surface area contributed by atoms with Crippen LogP contribution in [0.4, 0.5) is 5.69 Å². The van der Waals surface area contributed by atoms with E-state index in [9.17, 15) is 5.26 Å². The van der Waals surface area contributed by atoms with Crippen molar-refractivity contribution < 1.29 is 0 Å². The highest BCUT2D eigenvalue weighted by Gasteiger charge is 2.24. The Bertz CT molecular complexity index is 439. The smallest absolute Gasteiger partial charge is 0.101 e. The molecule has 19 heavy (non-hydrogen) atoms. The molecule has 1 aromatic carbocycles. The Hall–Kier alpha value is -1.49. The molecule has 2 rings (SSSR count). The first kappa shape index (κ1) is 13.9. The Balaban J connectivity index is 2.22. The second-order valence-electron chi connectivity index (χ2n) is 5.94. The van der Waals surface area contributed by atoms with Crippen LogP contribution in [0.2, 0.25) is 0 Å². The Labute approximate surface area is 117 Å². The van der Waals surface area contributed by atoms with Crippen molar-refractivity contribution in [2.24, 2.45) is 5.92 Å². The highest BCUT2D eigenvalue weighted by molar-refractivity contribution is 5.59. The Kier molecular flexibility index (Phi) is 4.85. The molecule has 2 nitrogen and oxygen atoms in total. The van der Waals surface area contributed by atoms with Gasteiger partial charge in [0, 0.05) is 12.6 Å². The van der Waals surface area contributed by atoms with Crippen LogP contribution in [0.1, 0.15) is 51.5 Å². The Morgan fingerprint density at radius 2 is 1.95 bits per heavy atom. The molecule has 0 saturated heterocycles. The topological polar surface area (TPSA) is 27.0 Å². The van der Waals surface area contributed by atoms with Gasteiger partial charge in [-0.05, 0) is 37.3 Å². The number of anilines is 1. The molecule has 0 spiro atoms. The molecule has 0 aromatic heterocycles. The summed E-state index contributed by atoms with van der Waals surface area (Å²) in [7, 11) is 0. The van der Waals surface area contributed by atoms with Gasteiger partial charge in [0.05, 0.1) is 11.3 Å². The van der Waals surface area contributed by atoms with E-state index >= 15 is 0 Å². The maximum absolute atomic E-state index is 9.31. The quantitative estimate of drug-likeness (QED) is 0.783. The molecule has 1 aromatic rings. The van der Waals surface area contributed by atoms with Crippen LogP contribution in [-0.4, -0.2) is 12.6 Å². The predicted octanol–water partition coefficient (Wildman–Crippen LogP) is 4.35. The molecule has 1 saturated carbocycles. The number of hydrogen-bond acceptors (Lipinski definition) is 2. The predicted molar refractivity (Wildman–Crippen MR) is 80.2 cm³/mol. The van der Waals surface area contributed by atoms with Gasteiger partial charge in [-0.3, -0.25) is 0 Å². The number of nitriles is 1. The molecule has 0 heterocycles. The highest BCUT2D eigenvalue weighted by Crippen LogP contribution is 2.30. The molecular weight excluding hydrogens is 232 g/mol. The second-order valence-corrected chi connectivity index (χ2v) is 5.94. The van der Waals surface area contributed by atoms with E-state index in [1.165, 1.54) is 32.1 Å². The third-order valence-electron chi connectivity index (χ3n) is 4.05. The van der Waals surface area contributed by atoms with Crippen molar-refractivity contribution in [3.8, 4) is 6.07 Å². The zero-order valence-corrected chi connectivity index (χ0v) is 12.1. The average Bonchev–Trinajstić information content (AvgIpc) is 2.93. The molecule has 1 aliphatic carbocycles. The minimum atomic E-state index is 0.633. The van der Waals surface area contributed by atoms with Crippen molar-refractivity contribution >= 4 is 5.69 Å². The summed E-state index contributed by atoms with van der Waals surface area (Å²) in [6.45, 7) is 5.60. The summed E-state index contributed by atoms with van der Waals surface area (Å²) in [5.74, 6) is 0.707. The lowest BCUT2D eigenvalue weighted by Gasteiger charge is -2.32. The van der Waals surface area contributed by atoms with Gasteiger partial charge in [-0.25, -0.2) is 0 Å². The van der Waals surface area contributed by atoms with Crippen LogP contribution in [0, 0.1) is 17.2 Å². The van der Waals surface area contributed by atoms with Gasteiger partial charge >= 0.3 is 0 Å².